The van der Waals surface area contributed by atoms with Crippen LogP contribution in [0.15, 0.2) is 48.5 Å². The second-order valence-corrected chi connectivity index (χ2v) is 7.17. The summed E-state index contributed by atoms with van der Waals surface area (Å²) in [5.41, 5.74) is -0.272. The smallest absolute Gasteiger partial charge is 0.317 e. The van der Waals surface area contributed by atoms with Crippen LogP contribution in [0.5, 0.6) is 0 Å². The maximum atomic E-state index is 15.2. The molecule has 1 saturated heterocycles. The second-order valence-electron chi connectivity index (χ2n) is 7.17. The third kappa shape index (κ3) is 3.32. The second kappa shape index (κ2) is 7.22. The van der Waals surface area contributed by atoms with Crippen molar-refractivity contribution >= 4 is 17.5 Å². The van der Waals surface area contributed by atoms with Crippen molar-refractivity contribution in [3.05, 3.63) is 65.5 Å². The molecule has 1 fully saturated rings. The predicted octanol–water partition coefficient (Wildman–Crippen LogP) is 3.85. The summed E-state index contributed by atoms with van der Waals surface area (Å²) < 4.78 is 44.5. The Labute approximate surface area is 164 Å². The fourth-order valence-corrected chi connectivity index (χ4v) is 3.84. The van der Waals surface area contributed by atoms with E-state index in [2.05, 4.69) is 5.32 Å². The molecule has 0 saturated carbocycles. The number of ketones is 1. The molecule has 0 radical (unpaired) electrons. The van der Waals surface area contributed by atoms with Crippen LogP contribution >= 0.6 is 0 Å². The standard InChI is InChI=1S/C21H21F2N3O2/c22-16-7-5-15(6-8-16)14-24-20(28)25-11-9-21(10-12-25)13-19(27)17-3-1-2-4-18(17)26(21)23/h1-8H,9-14H2,(H,24,28)/i14D2. The minimum absolute atomic E-state index is 0.0341. The predicted molar refractivity (Wildman–Crippen MR) is 101 cm³/mol. The number of hydrogen-bond acceptors (Lipinski definition) is 3. The Balaban J connectivity index is 1.44. The lowest BCUT2D eigenvalue weighted by Crippen LogP contribution is -2.57. The third-order valence-corrected chi connectivity index (χ3v) is 5.46. The van der Waals surface area contributed by atoms with Crippen LogP contribution in [-0.4, -0.2) is 35.3 Å². The zero-order chi connectivity index (χ0) is 21.5. The van der Waals surface area contributed by atoms with Crippen molar-refractivity contribution in [1.82, 2.24) is 10.2 Å². The number of carbonyl (C=O) groups excluding carboxylic acids is 2. The van der Waals surface area contributed by atoms with E-state index in [0.717, 1.165) is 12.1 Å². The van der Waals surface area contributed by atoms with E-state index in [1.54, 1.807) is 24.3 Å². The zero-order valence-electron chi connectivity index (χ0n) is 17.1. The van der Waals surface area contributed by atoms with E-state index in [1.165, 1.54) is 17.0 Å². The first-order chi connectivity index (χ1) is 14.2. The number of Topliss-reactive ketones (excluding diaryl/α,β-unsaturated/α-hetero) is 1. The number of amides is 2. The molecule has 0 atom stereocenters. The van der Waals surface area contributed by atoms with Crippen LogP contribution in [0.1, 0.15) is 37.9 Å². The summed E-state index contributed by atoms with van der Waals surface area (Å²) in [5.74, 6) is -0.619. The molecule has 1 spiro atoms. The van der Waals surface area contributed by atoms with Crippen molar-refractivity contribution in [3.63, 3.8) is 0 Å². The van der Waals surface area contributed by atoms with Gasteiger partial charge in [0.15, 0.2) is 5.78 Å². The Morgan fingerprint density at radius 3 is 2.54 bits per heavy atom. The van der Waals surface area contributed by atoms with Crippen molar-refractivity contribution in [3.8, 4) is 0 Å². The largest absolute Gasteiger partial charge is 0.334 e. The number of piperidine rings is 1. The molecule has 2 heterocycles. The molecular weight excluding hydrogens is 364 g/mol. The van der Waals surface area contributed by atoms with E-state index >= 15 is 4.48 Å². The number of para-hydroxylation sites is 1. The van der Waals surface area contributed by atoms with Gasteiger partial charge in [-0.2, -0.15) is 0 Å². The highest BCUT2D eigenvalue weighted by Gasteiger charge is 2.47. The topological polar surface area (TPSA) is 52.7 Å². The molecule has 0 unspecified atom stereocenters. The molecule has 4 rings (SSSR count). The number of likely N-dealkylation sites (tertiary alicyclic amines) is 1. The van der Waals surface area contributed by atoms with Gasteiger partial charge in [0, 0.05) is 31.6 Å². The van der Waals surface area contributed by atoms with Gasteiger partial charge in [-0.3, -0.25) is 4.79 Å². The van der Waals surface area contributed by atoms with E-state index in [0.29, 0.717) is 10.7 Å². The van der Waals surface area contributed by atoms with E-state index in [9.17, 15) is 14.0 Å². The summed E-state index contributed by atoms with van der Waals surface area (Å²) in [6.45, 7) is -1.83. The minimum Gasteiger partial charge on any atom is -0.334 e. The summed E-state index contributed by atoms with van der Waals surface area (Å²) in [6.07, 6.45) is 0.527. The van der Waals surface area contributed by atoms with Crippen molar-refractivity contribution in [1.29, 1.82) is 0 Å². The maximum absolute atomic E-state index is 15.2. The van der Waals surface area contributed by atoms with E-state index in [1.807, 2.05) is 0 Å². The number of anilines is 1. The van der Waals surface area contributed by atoms with Crippen LogP contribution in [0.25, 0.3) is 0 Å². The Hall–Kier alpha value is -2.96. The molecule has 2 aromatic carbocycles. The lowest BCUT2D eigenvalue weighted by molar-refractivity contribution is 0.0805. The zero-order valence-corrected chi connectivity index (χ0v) is 15.1. The maximum Gasteiger partial charge on any atom is 0.317 e. The van der Waals surface area contributed by atoms with Gasteiger partial charge in [0.25, 0.3) is 0 Å². The van der Waals surface area contributed by atoms with Gasteiger partial charge in [0.2, 0.25) is 0 Å². The first-order valence-electron chi connectivity index (χ1n) is 10.1. The number of hydrogen-bond donors (Lipinski definition) is 1. The SMILES string of the molecule is [2H]C([2H])(NC(=O)N1CCC2(CC1)CC(=O)c1ccccc1N2F)c1ccc(F)cc1. The van der Waals surface area contributed by atoms with Crippen LogP contribution in [0.4, 0.5) is 19.4 Å². The summed E-state index contributed by atoms with van der Waals surface area (Å²) in [6, 6.07) is 10.7. The van der Waals surface area contributed by atoms with Gasteiger partial charge in [-0.1, -0.05) is 28.7 Å². The number of nitrogens with zero attached hydrogens (tertiary/aromatic N) is 2. The molecule has 146 valence electrons. The highest BCUT2D eigenvalue weighted by molar-refractivity contribution is 6.04. The molecule has 0 bridgehead atoms. The highest BCUT2D eigenvalue weighted by atomic mass is 19.2. The normalized spacial score (nSPS) is 19.7. The quantitative estimate of drug-likeness (QED) is 0.797. The average Bonchev–Trinajstić information content (AvgIpc) is 2.73. The number of fused-ring (bicyclic) bond motifs is 1. The molecule has 2 aromatic rings. The van der Waals surface area contributed by atoms with Crippen molar-refractivity contribution in [2.45, 2.75) is 31.3 Å². The van der Waals surface area contributed by atoms with Gasteiger partial charge >= 0.3 is 6.03 Å². The van der Waals surface area contributed by atoms with Gasteiger partial charge in [0.1, 0.15) is 5.82 Å². The number of halogens is 2. The van der Waals surface area contributed by atoms with E-state index in [4.69, 9.17) is 2.74 Å². The summed E-state index contributed by atoms with van der Waals surface area (Å²) in [7, 11) is 0. The Kier molecular flexibility index (Phi) is 4.14. The molecule has 2 aliphatic heterocycles. The molecule has 2 amide bonds. The van der Waals surface area contributed by atoms with Gasteiger partial charge in [-0.15, -0.1) is 0 Å². The third-order valence-electron chi connectivity index (χ3n) is 5.46. The van der Waals surface area contributed by atoms with Crippen LogP contribution in [-0.2, 0) is 6.50 Å². The van der Waals surface area contributed by atoms with Crippen LogP contribution < -0.4 is 10.4 Å². The van der Waals surface area contributed by atoms with Crippen molar-refractivity contribution in [2.75, 3.05) is 18.2 Å². The Morgan fingerprint density at radius 2 is 1.82 bits per heavy atom. The van der Waals surface area contributed by atoms with Crippen molar-refractivity contribution < 1.29 is 21.2 Å². The first kappa shape index (κ1) is 16.0. The summed E-state index contributed by atoms with van der Waals surface area (Å²) in [4.78, 5) is 26.5. The molecular formula is C21H21F2N3O2. The van der Waals surface area contributed by atoms with Crippen molar-refractivity contribution in [2.24, 2.45) is 0 Å². The van der Waals surface area contributed by atoms with E-state index in [-0.39, 0.29) is 49.4 Å². The first-order valence-corrected chi connectivity index (χ1v) is 9.13. The molecule has 5 nitrogen and oxygen atoms in total. The lowest BCUT2D eigenvalue weighted by Gasteiger charge is -2.47. The van der Waals surface area contributed by atoms with Crippen LogP contribution in [0.2, 0.25) is 0 Å². The number of benzene rings is 2. The number of rotatable bonds is 2. The monoisotopic (exact) mass is 387 g/mol. The molecule has 28 heavy (non-hydrogen) atoms. The highest BCUT2D eigenvalue weighted by Crippen LogP contribution is 2.42. The van der Waals surface area contributed by atoms with Gasteiger partial charge in [-0.05, 0) is 42.7 Å². The molecule has 0 aliphatic carbocycles. The Bertz CT molecular complexity index is 976. The molecule has 2 aliphatic rings. The average molecular weight is 387 g/mol. The van der Waals surface area contributed by atoms with Gasteiger partial charge in [0.05, 0.1) is 14.0 Å². The molecule has 1 N–H and O–H groups in total. The number of urea groups is 1. The number of nitrogens with one attached hydrogen (secondary N) is 1. The van der Waals surface area contributed by atoms with Gasteiger partial charge < -0.3 is 10.2 Å². The van der Waals surface area contributed by atoms with Gasteiger partial charge in [-0.25, -0.2) is 14.3 Å². The number of carbonyl (C=O) groups is 2. The summed E-state index contributed by atoms with van der Waals surface area (Å²) >= 11 is 0. The summed E-state index contributed by atoms with van der Waals surface area (Å²) in [5, 5.41) is 2.98. The van der Waals surface area contributed by atoms with Crippen LogP contribution in [0, 0.1) is 5.82 Å². The minimum atomic E-state index is -2.19. The molecule has 0 aromatic heterocycles. The van der Waals surface area contributed by atoms with Crippen LogP contribution in [0.3, 0.4) is 0 Å². The van der Waals surface area contributed by atoms with E-state index < -0.39 is 23.9 Å². The Morgan fingerprint density at radius 1 is 1.14 bits per heavy atom. The fourth-order valence-electron chi connectivity index (χ4n) is 3.84. The molecule has 7 heteroatoms. The lowest BCUT2D eigenvalue weighted by atomic mass is 9.78. The fraction of sp³-hybridized carbons (Fsp3) is 0.333.